The Labute approximate surface area is 169 Å². The molecule has 0 N–H and O–H groups in total. The van der Waals surface area contributed by atoms with Crippen molar-refractivity contribution >= 4 is 29.2 Å². The lowest BCUT2D eigenvalue weighted by molar-refractivity contribution is -0.137. The zero-order valence-corrected chi connectivity index (χ0v) is 17.6. The fraction of sp³-hybridized carbons (Fsp3) is 0.381. The van der Waals surface area contributed by atoms with Crippen LogP contribution in [0.15, 0.2) is 23.8 Å². The molecule has 0 spiro atoms. The minimum absolute atomic E-state index is 0.122. The standard InChI is InChI=1S/C21H24N2O4S/c1-13-8-17(16(4)23(13)14(2)11-26-5)9-18(10-22)21(25)27-12-19(24)20-7-6-15(3)28-20/h6-9,14H,11-12H2,1-5H3/b18-9+/t14-/m0/s1. The van der Waals surface area contributed by atoms with E-state index in [1.54, 1.807) is 13.2 Å². The Balaban J connectivity index is 2.15. The molecular formula is C21H24N2O4S. The van der Waals surface area contributed by atoms with E-state index in [-0.39, 0.29) is 24.0 Å². The molecule has 2 aromatic heterocycles. The van der Waals surface area contributed by atoms with Gasteiger partial charge in [-0.3, -0.25) is 4.79 Å². The van der Waals surface area contributed by atoms with Crippen LogP contribution in [0.2, 0.25) is 0 Å². The first-order valence-corrected chi connectivity index (χ1v) is 9.66. The summed E-state index contributed by atoms with van der Waals surface area (Å²) in [4.78, 5) is 25.9. The Morgan fingerprint density at radius 3 is 2.61 bits per heavy atom. The van der Waals surface area contributed by atoms with Gasteiger partial charge in [-0.05, 0) is 57.5 Å². The van der Waals surface area contributed by atoms with Gasteiger partial charge < -0.3 is 14.0 Å². The predicted molar refractivity (Wildman–Crippen MR) is 108 cm³/mol. The minimum atomic E-state index is -0.807. The summed E-state index contributed by atoms with van der Waals surface area (Å²) >= 11 is 1.34. The summed E-state index contributed by atoms with van der Waals surface area (Å²) in [6.07, 6.45) is 1.50. The van der Waals surface area contributed by atoms with Gasteiger partial charge in [0.2, 0.25) is 5.78 Å². The monoisotopic (exact) mass is 400 g/mol. The van der Waals surface area contributed by atoms with Crippen molar-refractivity contribution < 1.29 is 19.1 Å². The number of hydrogen-bond donors (Lipinski definition) is 0. The predicted octanol–water partition coefficient (Wildman–Crippen LogP) is 4.02. The van der Waals surface area contributed by atoms with Crippen LogP contribution in [-0.2, 0) is 14.3 Å². The molecule has 2 rings (SSSR count). The smallest absolute Gasteiger partial charge is 0.349 e. The lowest BCUT2D eigenvalue weighted by atomic mass is 10.1. The van der Waals surface area contributed by atoms with Gasteiger partial charge in [0.25, 0.3) is 0 Å². The molecule has 0 aromatic carbocycles. The number of nitrogens with zero attached hydrogens (tertiary/aromatic N) is 2. The van der Waals surface area contributed by atoms with Crippen LogP contribution in [0.5, 0.6) is 0 Å². The van der Waals surface area contributed by atoms with Crippen molar-refractivity contribution in [3.05, 3.63) is 50.5 Å². The van der Waals surface area contributed by atoms with Gasteiger partial charge in [-0.1, -0.05) is 0 Å². The lowest BCUT2D eigenvalue weighted by Gasteiger charge is -2.17. The molecule has 0 fully saturated rings. The van der Waals surface area contributed by atoms with Gasteiger partial charge in [-0.25, -0.2) is 4.79 Å². The van der Waals surface area contributed by atoms with Crippen LogP contribution < -0.4 is 0 Å². The van der Waals surface area contributed by atoms with Crippen molar-refractivity contribution in [1.82, 2.24) is 4.57 Å². The number of aryl methyl sites for hydroxylation is 2. The highest BCUT2D eigenvalue weighted by Gasteiger charge is 2.18. The molecule has 0 radical (unpaired) electrons. The second kappa shape index (κ2) is 9.49. The van der Waals surface area contributed by atoms with Crippen LogP contribution in [-0.4, -0.2) is 36.6 Å². The van der Waals surface area contributed by atoms with Crippen molar-refractivity contribution in [3.8, 4) is 6.07 Å². The number of thiophene rings is 1. The SMILES string of the molecule is COC[C@H](C)n1c(C)cc(/C=C(\C#N)C(=O)OCC(=O)c2ccc(C)s2)c1C. The zero-order valence-electron chi connectivity index (χ0n) is 16.7. The van der Waals surface area contributed by atoms with Gasteiger partial charge in [0.15, 0.2) is 6.61 Å². The van der Waals surface area contributed by atoms with E-state index in [1.807, 2.05) is 45.9 Å². The highest BCUT2D eigenvalue weighted by molar-refractivity contribution is 7.14. The molecule has 0 amide bonds. The maximum Gasteiger partial charge on any atom is 0.349 e. The summed E-state index contributed by atoms with van der Waals surface area (Å²) in [5, 5.41) is 9.37. The third-order valence-corrected chi connectivity index (χ3v) is 5.40. The van der Waals surface area contributed by atoms with Gasteiger partial charge in [-0.15, -0.1) is 11.3 Å². The van der Waals surface area contributed by atoms with E-state index in [9.17, 15) is 14.9 Å². The molecule has 7 heteroatoms. The average Bonchev–Trinajstić information content (AvgIpc) is 3.20. The molecule has 0 saturated heterocycles. The Hall–Kier alpha value is -2.69. The van der Waals surface area contributed by atoms with E-state index >= 15 is 0 Å². The number of methoxy groups -OCH3 is 1. The second-order valence-corrected chi connectivity index (χ2v) is 7.87. The molecule has 0 aliphatic heterocycles. The number of hydrogen-bond acceptors (Lipinski definition) is 6. The first-order valence-electron chi connectivity index (χ1n) is 8.84. The molecule has 2 aromatic rings. The molecule has 1 atom stereocenters. The van der Waals surface area contributed by atoms with Gasteiger partial charge >= 0.3 is 5.97 Å². The molecule has 28 heavy (non-hydrogen) atoms. The highest BCUT2D eigenvalue weighted by atomic mass is 32.1. The second-order valence-electron chi connectivity index (χ2n) is 6.58. The van der Waals surface area contributed by atoms with Crippen molar-refractivity contribution in [3.63, 3.8) is 0 Å². The van der Waals surface area contributed by atoms with Crippen molar-refractivity contribution in [2.24, 2.45) is 0 Å². The maximum absolute atomic E-state index is 12.3. The summed E-state index contributed by atoms with van der Waals surface area (Å²) in [5.41, 5.74) is 2.54. The Bertz CT molecular complexity index is 946. The summed E-state index contributed by atoms with van der Waals surface area (Å²) in [6, 6.07) is 7.44. The summed E-state index contributed by atoms with van der Waals surface area (Å²) in [7, 11) is 1.65. The van der Waals surface area contributed by atoms with Crippen LogP contribution >= 0.6 is 11.3 Å². The van der Waals surface area contributed by atoms with Crippen LogP contribution in [0.4, 0.5) is 0 Å². The molecular weight excluding hydrogens is 376 g/mol. The normalized spacial score (nSPS) is 12.5. The lowest BCUT2D eigenvalue weighted by Crippen LogP contribution is -2.14. The number of ketones is 1. The van der Waals surface area contributed by atoms with Gasteiger partial charge in [0, 0.05) is 23.4 Å². The van der Waals surface area contributed by atoms with Crippen LogP contribution in [0, 0.1) is 32.1 Å². The first-order chi connectivity index (χ1) is 13.3. The molecule has 6 nitrogen and oxygen atoms in total. The number of Topliss-reactive ketones (excluding diaryl/α,β-unsaturated/α-hetero) is 1. The third kappa shape index (κ3) is 4.97. The number of esters is 1. The number of carbonyl (C=O) groups excluding carboxylic acids is 2. The van der Waals surface area contributed by atoms with Gasteiger partial charge in [0.1, 0.15) is 11.6 Å². The first kappa shape index (κ1) is 21.6. The Morgan fingerprint density at radius 1 is 1.32 bits per heavy atom. The van der Waals surface area contributed by atoms with Crippen LogP contribution in [0.1, 0.15) is 44.5 Å². The van der Waals surface area contributed by atoms with Gasteiger partial charge in [0.05, 0.1) is 17.5 Å². The molecule has 0 unspecified atom stereocenters. The zero-order chi connectivity index (χ0) is 20.8. The number of aromatic nitrogens is 1. The molecule has 148 valence electrons. The molecule has 0 aliphatic carbocycles. The van der Waals surface area contributed by atoms with E-state index in [1.165, 1.54) is 17.4 Å². The van der Waals surface area contributed by atoms with E-state index < -0.39 is 5.97 Å². The molecule has 0 aliphatic rings. The summed E-state index contributed by atoms with van der Waals surface area (Å²) < 4.78 is 12.4. The topological polar surface area (TPSA) is 81.3 Å². The van der Waals surface area contributed by atoms with E-state index in [0.717, 1.165) is 21.8 Å². The largest absolute Gasteiger partial charge is 0.453 e. The Morgan fingerprint density at radius 2 is 2.04 bits per heavy atom. The van der Waals surface area contributed by atoms with Crippen LogP contribution in [0.3, 0.4) is 0 Å². The molecule has 0 saturated carbocycles. The van der Waals surface area contributed by atoms with E-state index in [4.69, 9.17) is 9.47 Å². The van der Waals surface area contributed by atoms with Gasteiger partial charge in [-0.2, -0.15) is 5.26 Å². The maximum atomic E-state index is 12.3. The van der Waals surface area contributed by atoms with Crippen molar-refractivity contribution in [2.75, 3.05) is 20.3 Å². The third-order valence-electron chi connectivity index (χ3n) is 4.36. The van der Waals surface area contributed by atoms with E-state index in [2.05, 4.69) is 4.57 Å². The number of carbonyl (C=O) groups is 2. The minimum Gasteiger partial charge on any atom is -0.453 e. The quantitative estimate of drug-likeness (QED) is 0.289. The van der Waals surface area contributed by atoms with Crippen LogP contribution in [0.25, 0.3) is 6.08 Å². The fourth-order valence-electron chi connectivity index (χ4n) is 3.10. The summed E-state index contributed by atoms with van der Waals surface area (Å²) in [6.45, 7) is 7.98. The molecule has 0 bridgehead atoms. The van der Waals surface area contributed by atoms with Crippen molar-refractivity contribution in [2.45, 2.75) is 33.7 Å². The summed E-state index contributed by atoms with van der Waals surface area (Å²) in [5.74, 6) is -1.09. The number of ether oxygens (including phenoxy) is 2. The number of rotatable bonds is 8. The van der Waals surface area contributed by atoms with Crippen molar-refractivity contribution in [1.29, 1.82) is 5.26 Å². The van der Waals surface area contributed by atoms with E-state index in [0.29, 0.717) is 11.5 Å². The number of nitriles is 1. The Kier molecular flexibility index (Phi) is 7.32. The highest BCUT2D eigenvalue weighted by Crippen LogP contribution is 2.23. The average molecular weight is 401 g/mol. The molecule has 2 heterocycles. The fourth-order valence-corrected chi connectivity index (χ4v) is 3.89.